The van der Waals surface area contributed by atoms with Crippen LogP contribution in [0.3, 0.4) is 0 Å². The molecule has 1 aromatic rings. The van der Waals surface area contributed by atoms with Crippen LogP contribution in [0.2, 0.25) is 0 Å². The van der Waals surface area contributed by atoms with Gasteiger partial charge in [0, 0.05) is 25.3 Å². The van der Waals surface area contributed by atoms with Gasteiger partial charge in [0.25, 0.3) is 0 Å². The summed E-state index contributed by atoms with van der Waals surface area (Å²) in [5.41, 5.74) is -1.15. The maximum atomic E-state index is 11.3. The maximum Gasteiger partial charge on any atom is 0.331 e. The minimum absolute atomic E-state index is 0.102. The summed E-state index contributed by atoms with van der Waals surface area (Å²) in [5, 5.41) is 12.1. The van der Waals surface area contributed by atoms with Crippen LogP contribution in [0.1, 0.15) is 13.3 Å². The topological polar surface area (TPSA) is 93.6 Å². The first-order chi connectivity index (χ1) is 8.66. The van der Waals surface area contributed by atoms with E-state index in [0.717, 1.165) is 0 Å². The van der Waals surface area contributed by atoms with Gasteiger partial charge in [0.15, 0.2) is 5.54 Å². The lowest BCUT2D eigenvalue weighted by Crippen LogP contribution is -2.47. The first-order valence-corrected chi connectivity index (χ1v) is 5.71. The number of carboxylic acid groups (broad SMARTS) is 1. The highest BCUT2D eigenvalue weighted by atomic mass is 16.5. The van der Waals surface area contributed by atoms with Crippen LogP contribution in [-0.2, 0) is 9.53 Å². The molecule has 7 nitrogen and oxygen atoms in total. The molecule has 1 aromatic heterocycles. The van der Waals surface area contributed by atoms with Gasteiger partial charge >= 0.3 is 5.97 Å². The molecule has 18 heavy (non-hydrogen) atoms. The van der Waals surface area contributed by atoms with Gasteiger partial charge in [-0.05, 0) is 6.92 Å². The van der Waals surface area contributed by atoms with Gasteiger partial charge in [-0.25, -0.2) is 9.78 Å². The van der Waals surface area contributed by atoms with Crippen molar-refractivity contribution in [2.75, 3.05) is 25.1 Å². The van der Waals surface area contributed by atoms with Crippen LogP contribution in [0.25, 0.3) is 0 Å². The van der Waals surface area contributed by atoms with Crippen molar-refractivity contribution in [2.24, 2.45) is 0 Å². The molecule has 0 saturated carbocycles. The lowest BCUT2D eigenvalue weighted by atomic mass is 9.99. The lowest BCUT2D eigenvalue weighted by molar-refractivity contribution is -0.142. The average molecular weight is 253 g/mol. The van der Waals surface area contributed by atoms with Gasteiger partial charge in [-0.2, -0.15) is 4.98 Å². The Bertz CT molecular complexity index is 432. The van der Waals surface area contributed by atoms with E-state index in [1.54, 1.807) is 6.07 Å². The summed E-state index contributed by atoms with van der Waals surface area (Å²) in [4.78, 5) is 19.4. The molecular formula is C11H15N3O4. The Morgan fingerprint density at radius 2 is 2.56 bits per heavy atom. The number of anilines is 1. The minimum Gasteiger partial charge on any atom is -0.479 e. The number of aliphatic carboxylic acids is 1. The Morgan fingerprint density at radius 3 is 3.17 bits per heavy atom. The van der Waals surface area contributed by atoms with Gasteiger partial charge in [-0.3, -0.25) is 0 Å². The molecule has 1 atom stereocenters. The second-order valence-electron chi connectivity index (χ2n) is 3.97. The molecule has 98 valence electrons. The fraction of sp³-hybridized carbons (Fsp3) is 0.545. The summed E-state index contributed by atoms with van der Waals surface area (Å²) < 4.78 is 10.4. The van der Waals surface area contributed by atoms with E-state index >= 15 is 0 Å². The number of hydrogen-bond donors (Lipinski definition) is 2. The molecule has 2 N–H and O–H groups in total. The Hall–Kier alpha value is -1.89. The van der Waals surface area contributed by atoms with Gasteiger partial charge in [0.1, 0.15) is 0 Å². The highest BCUT2D eigenvalue weighted by molar-refractivity contribution is 5.82. The summed E-state index contributed by atoms with van der Waals surface area (Å²) >= 11 is 0. The Labute approximate surface area is 104 Å². The molecule has 0 bridgehead atoms. The van der Waals surface area contributed by atoms with Crippen LogP contribution in [0.4, 0.5) is 5.95 Å². The zero-order valence-electron chi connectivity index (χ0n) is 10.0. The molecule has 1 aliphatic heterocycles. The number of hydrogen-bond acceptors (Lipinski definition) is 6. The van der Waals surface area contributed by atoms with Crippen LogP contribution in [0.5, 0.6) is 5.88 Å². The van der Waals surface area contributed by atoms with Crippen molar-refractivity contribution in [3.8, 4) is 5.88 Å². The van der Waals surface area contributed by atoms with E-state index in [2.05, 4.69) is 15.3 Å². The zero-order valence-corrected chi connectivity index (χ0v) is 10.0. The van der Waals surface area contributed by atoms with E-state index in [0.29, 0.717) is 25.5 Å². The highest BCUT2D eigenvalue weighted by Gasteiger charge is 2.43. The van der Waals surface area contributed by atoms with Crippen molar-refractivity contribution in [1.29, 1.82) is 0 Å². The van der Waals surface area contributed by atoms with Crippen molar-refractivity contribution in [3.63, 3.8) is 0 Å². The SMILES string of the molecule is CCOc1ccnc(NC2(C(=O)O)CCOC2)n1. The number of nitrogens with one attached hydrogen (secondary N) is 1. The monoisotopic (exact) mass is 253 g/mol. The fourth-order valence-electron chi connectivity index (χ4n) is 1.73. The van der Waals surface area contributed by atoms with Gasteiger partial charge in [0.2, 0.25) is 11.8 Å². The molecule has 2 heterocycles. The molecule has 0 amide bonds. The van der Waals surface area contributed by atoms with Crippen LogP contribution in [0.15, 0.2) is 12.3 Å². The molecule has 2 rings (SSSR count). The maximum absolute atomic E-state index is 11.3. The summed E-state index contributed by atoms with van der Waals surface area (Å²) in [6, 6.07) is 1.62. The fourth-order valence-corrected chi connectivity index (χ4v) is 1.73. The third kappa shape index (κ3) is 2.51. The predicted octanol–water partition coefficient (Wildman–Crippen LogP) is 0.531. The molecule has 0 aromatic carbocycles. The number of aromatic nitrogens is 2. The smallest absolute Gasteiger partial charge is 0.331 e. The van der Waals surface area contributed by atoms with E-state index in [1.807, 2.05) is 6.92 Å². The standard InChI is InChI=1S/C11H15N3O4/c1-2-18-8-3-5-12-10(13-8)14-11(9(15)16)4-6-17-7-11/h3,5H,2,4,6-7H2,1H3,(H,15,16)(H,12,13,14). The van der Waals surface area contributed by atoms with Crippen LogP contribution < -0.4 is 10.1 Å². The van der Waals surface area contributed by atoms with E-state index in [-0.39, 0.29) is 12.6 Å². The molecular weight excluding hydrogens is 238 g/mol. The molecule has 1 unspecified atom stereocenters. The Morgan fingerprint density at radius 1 is 1.72 bits per heavy atom. The molecule has 1 aliphatic rings. The molecule has 1 fully saturated rings. The van der Waals surface area contributed by atoms with Gasteiger partial charge in [0.05, 0.1) is 13.2 Å². The summed E-state index contributed by atoms with van der Waals surface area (Å²) in [6.45, 7) is 2.84. The quantitative estimate of drug-likeness (QED) is 0.790. The van der Waals surface area contributed by atoms with Gasteiger partial charge in [-0.1, -0.05) is 0 Å². The summed E-state index contributed by atoms with van der Waals surface area (Å²) in [7, 11) is 0. The average Bonchev–Trinajstić information content (AvgIpc) is 2.80. The molecule has 7 heteroatoms. The van der Waals surface area contributed by atoms with Crippen LogP contribution >= 0.6 is 0 Å². The molecule has 1 saturated heterocycles. The van der Waals surface area contributed by atoms with E-state index < -0.39 is 11.5 Å². The van der Waals surface area contributed by atoms with Crippen molar-refractivity contribution in [1.82, 2.24) is 9.97 Å². The van der Waals surface area contributed by atoms with E-state index in [4.69, 9.17) is 9.47 Å². The van der Waals surface area contributed by atoms with E-state index in [9.17, 15) is 9.90 Å². The first-order valence-electron chi connectivity index (χ1n) is 5.71. The van der Waals surface area contributed by atoms with Gasteiger partial charge in [-0.15, -0.1) is 0 Å². The molecule has 0 spiro atoms. The summed E-state index contributed by atoms with van der Waals surface area (Å²) in [5.74, 6) is -0.325. The van der Waals surface area contributed by atoms with E-state index in [1.165, 1.54) is 6.20 Å². The third-order valence-electron chi connectivity index (χ3n) is 2.70. The first kappa shape index (κ1) is 12.6. The number of ether oxygens (including phenoxy) is 2. The minimum atomic E-state index is -1.15. The third-order valence-corrected chi connectivity index (χ3v) is 2.70. The van der Waals surface area contributed by atoms with Crippen molar-refractivity contribution >= 4 is 11.9 Å². The second kappa shape index (κ2) is 5.18. The van der Waals surface area contributed by atoms with Crippen LogP contribution in [-0.4, -0.2) is 46.4 Å². The number of rotatable bonds is 5. The predicted molar refractivity (Wildman–Crippen MR) is 62.6 cm³/mol. The highest BCUT2D eigenvalue weighted by Crippen LogP contribution is 2.23. The Kier molecular flexibility index (Phi) is 3.61. The number of carboxylic acids is 1. The molecule has 0 aliphatic carbocycles. The van der Waals surface area contributed by atoms with Gasteiger partial charge < -0.3 is 19.9 Å². The lowest BCUT2D eigenvalue weighted by Gasteiger charge is -2.23. The number of carbonyl (C=O) groups is 1. The number of nitrogens with zero attached hydrogens (tertiary/aromatic N) is 2. The van der Waals surface area contributed by atoms with Crippen LogP contribution in [0, 0.1) is 0 Å². The summed E-state index contributed by atoms with van der Waals surface area (Å²) in [6.07, 6.45) is 1.90. The zero-order chi connectivity index (χ0) is 13.0. The normalized spacial score (nSPS) is 22.7. The van der Waals surface area contributed by atoms with Crippen molar-refractivity contribution in [3.05, 3.63) is 12.3 Å². The van der Waals surface area contributed by atoms with Crippen molar-refractivity contribution in [2.45, 2.75) is 18.9 Å². The largest absolute Gasteiger partial charge is 0.479 e. The van der Waals surface area contributed by atoms with Crippen molar-refractivity contribution < 1.29 is 19.4 Å². The molecule has 0 radical (unpaired) electrons. The Balaban J connectivity index is 2.16. The second-order valence-corrected chi connectivity index (χ2v) is 3.97.